The molecule has 148 valence electrons. The van der Waals surface area contributed by atoms with Crippen LogP contribution in [0.25, 0.3) is 10.2 Å². The molecule has 3 aromatic heterocycles. The zero-order valence-corrected chi connectivity index (χ0v) is 18.0. The van der Waals surface area contributed by atoms with Gasteiger partial charge in [-0.25, -0.2) is 9.67 Å². The van der Waals surface area contributed by atoms with E-state index in [1.54, 1.807) is 39.9 Å². The Morgan fingerprint density at radius 3 is 2.86 bits per heavy atom. The summed E-state index contributed by atoms with van der Waals surface area (Å²) in [6, 6.07) is 1.93. The number of thiophene rings is 1. The molecule has 0 saturated heterocycles. The van der Waals surface area contributed by atoms with Crippen LogP contribution in [0.2, 0.25) is 0 Å². The molecule has 0 aromatic carbocycles. The Balaban J connectivity index is 1.57. The van der Waals surface area contributed by atoms with E-state index in [0.717, 1.165) is 29.5 Å². The molecule has 0 radical (unpaired) electrons. The summed E-state index contributed by atoms with van der Waals surface area (Å²) in [6.07, 6.45) is 4.77. The number of fused-ring (bicyclic) bond motifs is 3. The van der Waals surface area contributed by atoms with E-state index < -0.39 is 5.25 Å². The third-order valence-corrected chi connectivity index (χ3v) is 7.30. The lowest BCUT2D eigenvalue weighted by Crippen LogP contribution is -2.26. The van der Waals surface area contributed by atoms with Crippen molar-refractivity contribution in [2.45, 2.75) is 56.5 Å². The van der Waals surface area contributed by atoms with Crippen molar-refractivity contribution in [1.29, 1.82) is 0 Å². The average Bonchev–Trinajstić information content (AvgIpc) is 3.34. The Kier molecular flexibility index (Phi) is 5.05. The lowest BCUT2D eigenvalue weighted by Gasteiger charge is -2.15. The van der Waals surface area contributed by atoms with E-state index in [1.807, 2.05) is 20.8 Å². The van der Waals surface area contributed by atoms with Crippen molar-refractivity contribution in [3.63, 3.8) is 0 Å². The number of nitrogens with zero attached hydrogens (tertiary/aromatic N) is 4. The molecular weight excluding hydrogens is 394 g/mol. The largest absolute Gasteiger partial charge is 0.310 e. The van der Waals surface area contributed by atoms with Crippen molar-refractivity contribution in [2.24, 2.45) is 7.05 Å². The molecule has 0 spiro atoms. The van der Waals surface area contributed by atoms with Crippen molar-refractivity contribution in [3.8, 4) is 0 Å². The molecule has 1 N–H and O–H groups in total. The molecule has 28 heavy (non-hydrogen) atoms. The van der Waals surface area contributed by atoms with Gasteiger partial charge in [0.1, 0.15) is 10.6 Å². The topological polar surface area (TPSA) is 81.8 Å². The molecule has 1 amide bonds. The van der Waals surface area contributed by atoms with E-state index in [4.69, 9.17) is 4.98 Å². The predicted octanol–water partition coefficient (Wildman–Crippen LogP) is 3.38. The fourth-order valence-corrected chi connectivity index (χ4v) is 5.65. The minimum Gasteiger partial charge on any atom is -0.310 e. The number of rotatable bonds is 5. The van der Waals surface area contributed by atoms with Crippen LogP contribution in [0.15, 0.2) is 22.2 Å². The van der Waals surface area contributed by atoms with Gasteiger partial charge in [-0.15, -0.1) is 11.3 Å². The monoisotopic (exact) mass is 417 g/mol. The van der Waals surface area contributed by atoms with Gasteiger partial charge < -0.3 is 5.32 Å². The first-order chi connectivity index (χ1) is 13.4. The number of aromatic nitrogens is 4. The van der Waals surface area contributed by atoms with Gasteiger partial charge in [0.15, 0.2) is 5.16 Å². The van der Waals surface area contributed by atoms with E-state index in [-0.39, 0.29) is 17.5 Å². The van der Waals surface area contributed by atoms with Crippen LogP contribution in [-0.4, -0.2) is 30.5 Å². The van der Waals surface area contributed by atoms with E-state index >= 15 is 0 Å². The second kappa shape index (κ2) is 7.36. The summed E-state index contributed by atoms with van der Waals surface area (Å²) in [5.41, 5.74) is 1.16. The normalized spacial score (nSPS) is 14.6. The van der Waals surface area contributed by atoms with Gasteiger partial charge in [-0.3, -0.25) is 14.2 Å². The van der Waals surface area contributed by atoms with Crippen LogP contribution in [0.4, 0.5) is 5.82 Å². The highest BCUT2D eigenvalue weighted by atomic mass is 32.2. The van der Waals surface area contributed by atoms with Crippen molar-refractivity contribution in [2.75, 3.05) is 5.32 Å². The molecule has 4 rings (SSSR count). The maximum absolute atomic E-state index is 12.9. The maximum Gasteiger partial charge on any atom is 0.262 e. The number of hydrogen-bond donors (Lipinski definition) is 1. The average molecular weight is 418 g/mol. The molecule has 0 aliphatic heterocycles. The summed E-state index contributed by atoms with van der Waals surface area (Å²) in [5, 5.41) is 8.09. The third-order valence-electron chi connectivity index (χ3n) is 4.97. The SMILES string of the molecule is CC(C)n1nccc1NC(=O)[C@H](C)Sc1nc2sc3c(c2c(=O)n1C)CCC3. The number of hydrogen-bond acceptors (Lipinski definition) is 6. The second-order valence-corrected chi connectivity index (χ2v) is 9.69. The zero-order valence-electron chi connectivity index (χ0n) is 16.4. The standard InChI is InChI=1S/C19H23N5O2S2/c1-10(2)24-14(8-9-20-24)21-16(25)11(3)27-19-22-17-15(18(26)23(19)4)12-6-5-7-13(12)28-17/h8-11H,5-7H2,1-4H3,(H,21,25)/t11-/m0/s1. The van der Waals surface area contributed by atoms with E-state index in [1.165, 1.54) is 22.2 Å². The van der Waals surface area contributed by atoms with Gasteiger partial charge in [0.25, 0.3) is 5.56 Å². The van der Waals surface area contributed by atoms with E-state index in [0.29, 0.717) is 11.0 Å². The summed E-state index contributed by atoms with van der Waals surface area (Å²) in [5.74, 6) is 0.523. The molecular formula is C19H23N5O2S2. The van der Waals surface area contributed by atoms with Crippen molar-refractivity contribution in [1.82, 2.24) is 19.3 Å². The van der Waals surface area contributed by atoms with Crippen LogP contribution in [0.5, 0.6) is 0 Å². The number of thioether (sulfide) groups is 1. The molecule has 3 aromatic rings. The van der Waals surface area contributed by atoms with E-state index in [9.17, 15) is 9.59 Å². The Morgan fingerprint density at radius 1 is 1.32 bits per heavy atom. The summed E-state index contributed by atoms with van der Waals surface area (Å²) in [7, 11) is 1.73. The molecule has 1 atom stereocenters. The lowest BCUT2D eigenvalue weighted by molar-refractivity contribution is -0.115. The Labute approximate surface area is 171 Å². The van der Waals surface area contributed by atoms with Crippen molar-refractivity contribution < 1.29 is 4.79 Å². The van der Waals surface area contributed by atoms with Crippen LogP contribution >= 0.6 is 23.1 Å². The summed E-state index contributed by atoms with van der Waals surface area (Å²) in [4.78, 5) is 32.4. The van der Waals surface area contributed by atoms with Gasteiger partial charge in [-0.1, -0.05) is 11.8 Å². The number of nitrogens with one attached hydrogen (secondary N) is 1. The van der Waals surface area contributed by atoms with Crippen molar-refractivity contribution >= 4 is 45.0 Å². The van der Waals surface area contributed by atoms with Gasteiger partial charge in [0.2, 0.25) is 5.91 Å². The van der Waals surface area contributed by atoms with Crippen molar-refractivity contribution in [3.05, 3.63) is 33.1 Å². The number of anilines is 1. The fourth-order valence-electron chi connectivity index (χ4n) is 3.48. The third kappa shape index (κ3) is 3.26. The molecule has 9 heteroatoms. The molecule has 0 bridgehead atoms. The van der Waals surface area contributed by atoms with E-state index in [2.05, 4.69) is 10.4 Å². The Morgan fingerprint density at radius 2 is 2.11 bits per heavy atom. The van der Waals surface area contributed by atoms with Gasteiger partial charge in [0, 0.05) is 24.0 Å². The maximum atomic E-state index is 12.9. The van der Waals surface area contributed by atoms with Gasteiger partial charge in [-0.05, 0) is 45.6 Å². The molecule has 1 aliphatic carbocycles. The number of carbonyl (C=O) groups excluding carboxylic acids is 1. The molecule has 0 saturated carbocycles. The molecule has 3 heterocycles. The minimum absolute atomic E-state index is 0.0163. The van der Waals surface area contributed by atoms with Crippen LogP contribution in [0.1, 0.15) is 43.7 Å². The number of amides is 1. The lowest BCUT2D eigenvalue weighted by atomic mass is 10.2. The minimum atomic E-state index is -0.405. The molecule has 0 fully saturated rings. The van der Waals surface area contributed by atoms with Gasteiger partial charge in [-0.2, -0.15) is 5.10 Å². The molecule has 1 aliphatic rings. The zero-order chi connectivity index (χ0) is 20.0. The van der Waals surface area contributed by atoms with Gasteiger partial charge in [0.05, 0.1) is 16.8 Å². The van der Waals surface area contributed by atoms with Crippen LogP contribution < -0.4 is 10.9 Å². The highest BCUT2D eigenvalue weighted by Gasteiger charge is 2.24. The van der Waals surface area contributed by atoms with Gasteiger partial charge >= 0.3 is 0 Å². The second-order valence-electron chi connectivity index (χ2n) is 7.30. The van der Waals surface area contributed by atoms with Crippen LogP contribution in [0.3, 0.4) is 0 Å². The molecule has 7 nitrogen and oxygen atoms in total. The Hall–Kier alpha value is -2.13. The summed E-state index contributed by atoms with van der Waals surface area (Å²) >= 11 is 2.92. The first-order valence-electron chi connectivity index (χ1n) is 9.39. The van der Waals surface area contributed by atoms with Crippen LogP contribution in [-0.2, 0) is 24.7 Å². The smallest absolute Gasteiger partial charge is 0.262 e. The van der Waals surface area contributed by atoms with Crippen LogP contribution in [0, 0.1) is 0 Å². The highest BCUT2D eigenvalue weighted by molar-refractivity contribution is 8.00. The quantitative estimate of drug-likeness (QED) is 0.508. The number of carbonyl (C=O) groups is 1. The predicted molar refractivity (Wildman–Crippen MR) is 113 cm³/mol. The highest BCUT2D eigenvalue weighted by Crippen LogP contribution is 2.35. The molecule has 0 unspecified atom stereocenters. The number of aryl methyl sites for hydroxylation is 2. The first kappa shape index (κ1) is 19.2. The summed E-state index contributed by atoms with van der Waals surface area (Å²) in [6.45, 7) is 5.84. The fraction of sp³-hybridized carbons (Fsp3) is 0.474. The first-order valence-corrected chi connectivity index (χ1v) is 11.1. The Bertz CT molecular complexity index is 1110. The summed E-state index contributed by atoms with van der Waals surface area (Å²) < 4.78 is 3.34.